The van der Waals surface area contributed by atoms with Gasteiger partial charge in [0.15, 0.2) is 0 Å². The monoisotopic (exact) mass is 463 g/mol. The van der Waals surface area contributed by atoms with Crippen molar-refractivity contribution >= 4 is 11.9 Å². The third-order valence-corrected chi connectivity index (χ3v) is 2.99. The Morgan fingerprint density at radius 1 is 0.607 bits per heavy atom. The summed E-state index contributed by atoms with van der Waals surface area (Å²) in [6.07, 6.45) is -16.2. The molecular formula is C12H24MnO15. The van der Waals surface area contributed by atoms with Gasteiger partial charge in [-0.25, -0.2) is 0 Å². The van der Waals surface area contributed by atoms with Crippen LogP contribution < -0.4 is 10.2 Å². The van der Waals surface area contributed by atoms with Crippen molar-refractivity contribution in [2.45, 2.75) is 48.8 Å². The van der Waals surface area contributed by atoms with E-state index in [0.29, 0.717) is 0 Å². The second-order valence-corrected chi connectivity index (χ2v) is 4.99. The zero-order valence-corrected chi connectivity index (χ0v) is 15.2. The first-order valence-corrected chi connectivity index (χ1v) is 6.91. The van der Waals surface area contributed by atoms with Gasteiger partial charge in [-0.15, -0.1) is 0 Å². The molecule has 8 unspecified atom stereocenters. The minimum absolute atomic E-state index is 0. The van der Waals surface area contributed by atoms with Gasteiger partial charge < -0.3 is 76.3 Å². The molecule has 28 heavy (non-hydrogen) atoms. The predicted molar refractivity (Wildman–Crippen MR) is 75.9 cm³/mol. The SMILES string of the molecule is O.O=C([O-])C(O)C(O)C(O)C(O)CO.O=C([O-])C(O)C(O)C(O)C(O)CO.[Mn+2]. The third-order valence-electron chi connectivity index (χ3n) is 2.99. The van der Waals surface area contributed by atoms with Crippen molar-refractivity contribution in [1.82, 2.24) is 0 Å². The topological polar surface area (TPSA) is 314 Å². The van der Waals surface area contributed by atoms with E-state index in [1.165, 1.54) is 0 Å². The van der Waals surface area contributed by atoms with Crippen LogP contribution in [0.2, 0.25) is 0 Å². The maximum absolute atomic E-state index is 9.98. The molecule has 0 aliphatic heterocycles. The summed E-state index contributed by atoms with van der Waals surface area (Å²) in [6, 6.07) is 0. The molecule has 16 heteroatoms. The first kappa shape index (κ1) is 34.5. The number of carboxylic acids is 2. The largest absolute Gasteiger partial charge is 2.00 e. The molecule has 15 nitrogen and oxygen atoms in total. The molecular weight excluding hydrogens is 439 g/mol. The van der Waals surface area contributed by atoms with E-state index in [1.54, 1.807) is 0 Å². The van der Waals surface area contributed by atoms with Crippen molar-refractivity contribution in [2.24, 2.45) is 0 Å². The van der Waals surface area contributed by atoms with E-state index >= 15 is 0 Å². The molecule has 8 atom stereocenters. The first-order chi connectivity index (χ1) is 11.8. The van der Waals surface area contributed by atoms with Crippen LogP contribution in [-0.2, 0) is 26.7 Å². The Morgan fingerprint density at radius 3 is 0.964 bits per heavy atom. The fourth-order valence-electron chi connectivity index (χ4n) is 1.32. The Morgan fingerprint density at radius 2 is 0.821 bits per heavy atom. The van der Waals surface area contributed by atoms with E-state index in [0.717, 1.165) is 0 Å². The molecule has 0 spiro atoms. The standard InChI is InChI=1S/2C6H12O7.Mn.H2O/c2*7-1-2(8)3(9)4(10)5(11)6(12)13;;/h2*2-5,7-11H,1H2,(H,12,13);;1H2/q;;+2;/p-2. The van der Waals surface area contributed by atoms with Crippen LogP contribution in [0.3, 0.4) is 0 Å². The smallest absolute Gasteiger partial charge is 0.547 e. The van der Waals surface area contributed by atoms with Crippen LogP contribution in [0.1, 0.15) is 0 Å². The first-order valence-electron chi connectivity index (χ1n) is 6.91. The molecule has 0 saturated carbocycles. The summed E-state index contributed by atoms with van der Waals surface area (Å²) in [7, 11) is 0. The number of aliphatic hydroxyl groups is 10. The number of hydrogen-bond donors (Lipinski definition) is 10. The summed E-state index contributed by atoms with van der Waals surface area (Å²) in [5.74, 6) is -3.95. The number of carbonyl (C=O) groups is 2. The van der Waals surface area contributed by atoms with Gasteiger partial charge in [-0.1, -0.05) is 0 Å². The third kappa shape index (κ3) is 11.8. The van der Waals surface area contributed by atoms with Crippen molar-refractivity contribution < 1.29 is 93.4 Å². The summed E-state index contributed by atoms with van der Waals surface area (Å²) < 4.78 is 0. The summed E-state index contributed by atoms with van der Waals surface area (Å²) in [6.45, 7) is -1.73. The number of rotatable bonds is 10. The van der Waals surface area contributed by atoms with Crippen LogP contribution in [0.25, 0.3) is 0 Å². The van der Waals surface area contributed by atoms with Crippen molar-refractivity contribution in [3.63, 3.8) is 0 Å². The summed E-state index contributed by atoms with van der Waals surface area (Å²) in [5.41, 5.74) is 0. The molecule has 0 aliphatic carbocycles. The van der Waals surface area contributed by atoms with Gasteiger partial charge in [-0.2, -0.15) is 0 Å². The minimum atomic E-state index is -2.31. The summed E-state index contributed by atoms with van der Waals surface area (Å²) in [4.78, 5) is 20.0. The van der Waals surface area contributed by atoms with Gasteiger partial charge in [0.05, 0.1) is 25.2 Å². The number of aliphatic carboxylic acids is 2. The summed E-state index contributed by atoms with van der Waals surface area (Å²) in [5, 5.41) is 107. The van der Waals surface area contributed by atoms with E-state index in [2.05, 4.69) is 0 Å². The molecule has 169 valence electrons. The van der Waals surface area contributed by atoms with Gasteiger partial charge in [-0.3, -0.25) is 0 Å². The quantitative estimate of drug-likeness (QED) is 0.134. The number of aliphatic hydroxyl groups excluding tert-OH is 10. The Balaban J connectivity index is -0.000000192. The molecule has 12 N–H and O–H groups in total. The average molecular weight is 463 g/mol. The van der Waals surface area contributed by atoms with E-state index in [9.17, 15) is 19.8 Å². The zero-order chi connectivity index (χ0) is 21.2. The molecule has 0 aliphatic rings. The van der Waals surface area contributed by atoms with Gasteiger partial charge in [0, 0.05) is 0 Å². The van der Waals surface area contributed by atoms with Crippen LogP contribution in [0.15, 0.2) is 0 Å². The fraction of sp³-hybridized carbons (Fsp3) is 0.833. The van der Waals surface area contributed by atoms with E-state index in [1.807, 2.05) is 0 Å². The van der Waals surface area contributed by atoms with Gasteiger partial charge >= 0.3 is 17.1 Å². The molecule has 1 radical (unpaired) electrons. The Hall–Kier alpha value is -0.981. The number of carbonyl (C=O) groups excluding carboxylic acids is 2. The molecule has 0 fully saturated rings. The van der Waals surface area contributed by atoms with Gasteiger partial charge in [0.25, 0.3) is 0 Å². The predicted octanol–water partition coefficient (Wildman–Crippen LogP) is -10.5. The molecule has 0 heterocycles. The van der Waals surface area contributed by atoms with Crippen LogP contribution in [0.4, 0.5) is 0 Å². The maximum Gasteiger partial charge on any atom is 2.00 e. The van der Waals surface area contributed by atoms with Crippen LogP contribution >= 0.6 is 0 Å². The maximum atomic E-state index is 9.98. The zero-order valence-electron chi connectivity index (χ0n) is 14.0. The second-order valence-electron chi connectivity index (χ2n) is 4.99. The van der Waals surface area contributed by atoms with Crippen LogP contribution in [0.5, 0.6) is 0 Å². The molecule has 0 rings (SSSR count). The van der Waals surface area contributed by atoms with Crippen LogP contribution in [0, 0.1) is 0 Å². The summed E-state index contributed by atoms with van der Waals surface area (Å²) >= 11 is 0. The molecule has 0 amide bonds. The van der Waals surface area contributed by atoms with E-state index < -0.39 is 74.0 Å². The second kappa shape index (κ2) is 16.9. The van der Waals surface area contributed by atoms with Crippen molar-refractivity contribution in [2.75, 3.05) is 13.2 Å². The van der Waals surface area contributed by atoms with Gasteiger partial charge in [-0.05, 0) is 0 Å². The Bertz CT molecular complexity index is 386. The average Bonchev–Trinajstić information content (AvgIpc) is 2.62. The molecule has 0 bridgehead atoms. The molecule has 0 aromatic heterocycles. The molecule has 0 aromatic rings. The van der Waals surface area contributed by atoms with E-state index in [-0.39, 0.29) is 22.5 Å². The van der Waals surface area contributed by atoms with Gasteiger partial charge in [0.2, 0.25) is 0 Å². The fourth-order valence-corrected chi connectivity index (χ4v) is 1.32. The Labute approximate surface area is 168 Å². The Kier molecular flexibility index (Phi) is 20.9. The normalized spacial score (nSPS) is 18.9. The minimum Gasteiger partial charge on any atom is -0.547 e. The van der Waals surface area contributed by atoms with E-state index in [4.69, 9.17) is 51.1 Å². The number of carboxylic acid groups (broad SMARTS) is 2. The number of hydrogen-bond acceptors (Lipinski definition) is 14. The van der Waals surface area contributed by atoms with Crippen molar-refractivity contribution in [3.05, 3.63) is 0 Å². The molecule has 0 saturated heterocycles. The van der Waals surface area contributed by atoms with Gasteiger partial charge in [0.1, 0.15) is 48.8 Å². The molecule has 0 aromatic carbocycles. The van der Waals surface area contributed by atoms with Crippen molar-refractivity contribution in [3.8, 4) is 0 Å². The van der Waals surface area contributed by atoms with Crippen molar-refractivity contribution in [1.29, 1.82) is 0 Å². The van der Waals surface area contributed by atoms with Crippen LogP contribution in [-0.4, -0.2) is 131 Å².